The van der Waals surface area contributed by atoms with Crippen LogP contribution >= 0.6 is 0 Å². The molecule has 1 rings (SSSR count). The summed E-state index contributed by atoms with van der Waals surface area (Å²) < 4.78 is 21.7. The summed E-state index contributed by atoms with van der Waals surface area (Å²) in [4.78, 5) is 12.0. The van der Waals surface area contributed by atoms with Gasteiger partial charge in [0.05, 0.1) is 0 Å². The van der Waals surface area contributed by atoms with Crippen LogP contribution in [0.1, 0.15) is 33.6 Å². The number of hydrogen-bond acceptors (Lipinski definition) is 4. The fourth-order valence-corrected chi connectivity index (χ4v) is 2.35. The van der Waals surface area contributed by atoms with Crippen molar-refractivity contribution in [2.45, 2.75) is 38.4 Å². The van der Waals surface area contributed by atoms with Gasteiger partial charge in [-0.2, -0.15) is 0 Å². The molecule has 2 N–H and O–H groups in total. The summed E-state index contributed by atoms with van der Waals surface area (Å²) in [6.45, 7) is 7.37. The monoisotopic (exact) mass is 276 g/mol. The smallest absolute Gasteiger partial charge is 0.240 e. The summed E-state index contributed by atoms with van der Waals surface area (Å²) >= 11 is 0. The van der Waals surface area contributed by atoms with E-state index >= 15 is 0 Å². The predicted molar refractivity (Wildman–Crippen MR) is 72.1 cm³/mol. The van der Waals surface area contributed by atoms with E-state index in [4.69, 9.17) is 0 Å². The topological polar surface area (TPSA) is 75.3 Å². The minimum Gasteiger partial charge on any atom is -0.354 e. The molecule has 1 unspecified atom stereocenters. The van der Waals surface area contributed by atoms with E-state index in [0.29, 0.717) is 6.54 Å². The molecule has 0 bridgehead atoms. The van der Waals surface area contributed by atoms with Crippen LogP contribution in [0.4, 0.5) is 0 Å². The number of carbonyl (C=O) groups excluding carboxylic acids is 1. The van der Waals surface area contributed by atoms with Crippen LogP contribution in [-0.2, 0) is 14.6 Å². The number of sulfone groups is 1. The lowest BCUT2D eigenvalue weighted by molar-refractivity contribution is -0.123. The molecular formula is C12H24N2O3S. The van der Waals surface area contributed by atoms with Gasteiger partial charge in [-0.3, -0.25) is 4.79 Å². The van der Waals surface area contributed by atoms with Gasteiger partial charge in [-0.1, -0.05) is 6.92 Å². The second-order valence-corrected chi connectivity index (χ2v) is 8.62. The maximum absolute atomic E-state index is 12.0. The van der Waals surface area contributed by atoms with Gasteiger partial charge < -0.3 is 10.6 Å². The first-order chi connectivity index (χ1) is 8.08. The molecule has 1 aliphatic rings. The van der Waals surface area contributed by atoms with Crippen molar-refractivity contribution in [3.63, 3.8) is 0 Å². The van der Waals surface area contributed by atoms with Crippen LogP contribution in [0.5, 0.6) is 0 Å². The predicted octanol–water partition coefficient (Wildman–Crippen LogP) is 0.316. The van der Waals surface area contributed by atoms with E-state index in [1.54, 1.807) is 0 Å². The van der Waals surface area contributed by atoms with Gasteiger partial charge in [0.2, 0.25) is 5.91 Å². The molecule has 6 heteroatoms. The molecule has 0 aromatic rings. The molecule has 0 saturated carbocycles. The molecule has 1 fully saturated rings. The highest BCUT2D eigenvalue weighted by Crippen LogP contribution is 2.25. The van der Waals surface area contributed by atoms with Gasteiger partial charge in [-0.25, -0.2) is 8.42 Å². The van der Waals surface area contributed by atoms with Crippen LogP contribution in [-0.4, -0.2) is 45.0 Å². The zero-order valence-electron chi connectivity index (χ0n) is 11.7. The van der Waals surface area contributed by atoms with Gasteiger partial charge in [0.25, 0.3) is 0 Å². The maximum atomic E-state index is 12.0. The Kier molecular flexibility index (Phi) is 4.43. The molecule has 0 radical (unpaired) electrons. The third-order valence-corrected chi connectivity index (χ3v) is 5.87. The van der Waals surface area contributed by atoms with Gasteiger partial charge >= 0.3 is 0 Å². The fraction of sp³-hybridized carbons (Fsp3) is 0.917. The van der Waals surface area contributed by atoms with Gasteiger partial charge in [0.15, 0.2) is 9.84 Å². The third-order valence-electron chi connectivity index (χ3n) is 3.84. The Morgan fingerprint density at radius 2 is 2.06 bits per heavy atom. The van der Waals surface area contributed by atoms with Crippen molar-refractivity contribution in [2.75, 3.05) is 25.9 Å². The van der Waals surface area contributed by atoms with Crippen molar-refractivity contribution in [3.05, 3.63) is 0 Å². The van der Waals surface area contributed by atoms with E-state index in [2.05, 4.69) is 17.6 Å². The van der Waals surface area contributed by atoms with E-state index in [1.807, 2.05) is 0 Å². The average Bonchev–Trinajstić information content (AvgIpc) is 2.25. The second kappa shape index (κ2) is 5.17. The fourth-order valence-electron chi connectivity index (χ4n) is 1.94. The van der Waals surface area contributed by atoms with E-state index in [0.717, 1.165) is 32.2 Å². The average molecular weight is 276 g/mol. The van der Waals surface area contributed by atoms with Gasteiger partial charge in [0.1, 0.15) is 4.75 Å². The van der Waals surface area contributed by atoms with Crippen LogP contribution < -0.4 is 10.6 Å². The summed E-state index contributed by atoms with van der Waals surface area (Å²) in [5.74, 6) is -0.420. The van der Waals surface area contributed by atoms with Gasteiger partial charge in [0, 0.05) is 19.3 Å². The first kappa shape index (κ1) is 15.4. The zero-order valence-corrected chi connectivity index (χ0v) is 12.5. The van der Waals surface area contributed by atoms with Gasteiger partial charge in [-0.15, -0.1) is 0 Å². The van der Waals surface area contributed by atoms with Crippen LogP contribution in [0.3, 0.4) is 0 Å². The second-order valence-electron chi connectivity index (χ2n) is 6.06. The zero-order chi connectivity index (χ0) is 14.0. The SMILES string of the molecule is CC1(CNC(=O)C(C)(C)S(C)(=O)=O)CCCNC1. The van der Waals surface area contributed by atoms with E-state index < -0.39 is 20.5 Å². The number of amides is 1. The Morgan fingerprint density at radius 3 is 2.50 bits per heavy atom. The molecular weight excluding hydrogens is 252 g/mol. The Balaban J connectivity index is 2.61. The first-order valence-electron chi connectivity index (χ1n) is 6.27. The Bertz CT molecular complexity index is 409. The van der Waals surface area contributed by atoms with Crippen LogP contribution in [0.2, 0.25) is 0 Å². The third kappa shape index (κ3) is 3.45. The van der Waals surface area contributed by atoms with Crippen LogP contribution in [0, 0.1) is 5.41 Å². The lowest BCUT2D eigenvalue weighted by Crippen LogP contribution is -2.52. The van der Waals surface area contributed by atoms with Crippen molar-refractivity contribution >= 4 is 15.7 Å². The van der Waals surface area contributed by atoms with Crippen LogP contribution in [0.15, 0.2) is 0 Å². The number of hydrogen-bond donors (Lipinski definition) is 2. The molecule has 1 amide bonds. The molecule has 1 saturated heterocycles. The lowest BCUT2D eigenvalue weighted by atomic mass is 9.82. The van der Waals surface area contributed by atoms with Gasteiger partial charge in [-0.05, 0) is 38.6 Å². The van der Waals surface area contributed by atoms with Crippen molar-refractivity contribution in [1.29, 1.82) is 0 Å². The Labute approximate surface area is 110 Å². The molecule has 106 valence electrons. The first-order valence-corrected chi connectivity index (χ1v) is 8.16. The summed E-state index contributed by atoms with van der Waals surface area (Å²) in [5, 5.41) is 6.08. The molecule has 0 spiro atoms. The molecule has 0 aromatic heterocycles. The number of piperidine rings is 1. The maximum Gasteiger partial charge on any atom is 0.240 e. The highest BCUT2D eigenvalue weighted by molar-refractivity contribution is 7.92. The molecule has 5 nitrogen and oxygen atoms in total. The normalized spacial score (nSPS) is 25.8. The lowest BCUT2D eigenvalue weighted by Gasteiger charge is -2.35. The largest absolute Gasteiger partial charge is 0.354 e. The quantitative estimate of drug-likeness (QED) is 0.775. The number of nitrogens with one attached hydrogen (secondary N) is 2. The molecule has 1 atom stereocenters. The van der Waals surface area contributed by atoms with E-state index in [9.17, 15) is 13.2 Å². The Hall–Kier alpha value is -0.620. The highest BCUT2D eigenvalue weighted by Gasteiger charge is 2.39. The van der Waals surface area contributed by atoms with E-state index in [-0.39, 0.29) is 5.41 Å². The number of rotatable bonds is 4. The summed E-state index contributed by atoms with van der Waals surface area (Å²) in [7, 11) is -3.40. The van der Waals surface area contributed by atoms with Crippen LogP contribution in [0.25, 0.3) is 0 Å². The summed E-state index contributed by atoms with van der Waals surface area (Å²) in [5.41, 5.74) is 0.0154. The molecule has 0 aliphatic carbocycles. The molecule has 0 aromatic carbocycles. The minimum atomic E-state index is -3.40. The molecule has 1 aliphatic heterocycles. The summed E-state index contributed by atoms with van der Waals surface area (Å²) in [6.07, 6.45) is 3.22. The highest BCUT2D eigenvalue weighted by atomic mass is 32.2. The van der Waals surface area contributed by atoms with Crippen molar-refractivity contribution in [3.8, 4) is 0 Å². The van der Waals surface area contributed by atoms with Crippen molar-refractivity contribution < 1.29 is 13.2 Å². The standard InChI is InChI=1S/C12H24N2O3S/c1-11(2,18(4,16)17)10(15)14-9-12(3)6-5-7-13-8-12/h13H,5-9H2,1-4H3,(H,14,15). The number of carbonyl (C=O) groups is 1. The van der Waals surface area contributed by atoms with E-state index in [1.165, 1.54) is 13.8 Å². The summed E-state index contributed by atoms with van der Waals surface area (Å²) in [6, 6.07) is 0. The molecule has 18 heavy (non-hydrogen) atoms. The molecule has 1 heterocycles. The van der Waals surface area contributed by atoms with Crippen molar-refractivity contribution in [1.82, 2.24) is 10.6 Å². The Morgan fingerprint density at radius 1 is 1.44 bits per heavy atom. The minimum absolute atomic E-state index is 0.0154. The van der Waals surface area contributed by atoms with Crippen molar-refractivity contribution in [2.24, 2.45) is 5.41 Å².